The zero-order chi connectivity index (χ0) is 20.6. The van der Waals surface area contributed by atoms with E-state index in [-0.39, 0.29) is 34.0 Å². The van der Waals surface area contributed by atoms with Crippen molar-refractivity contribution in [3.63, 3.8) is 0 Å². The highest BCUT2D eigenvalue weighted by molar-refractivity contribution is 8.00. The molecule has 0 aromatic carbocycles. The molecule has 2 atom stereocenters. The molecule has 154 valence electrons. The van der Waals surface area contributed by atoms with Crippen LogP contribution in [0.15, 0.2) is 17.1 Å². The topological polar surface area (TPSA) is 56.6 Å². The third-order valence-electron chi connectivity index (χ3n) is 4.08. The number of thioether (sulfide) groups is 1. The summed E-state index contributed by atoms with van der Waals surface area (Å²) in [6.07, 6.45) is 1.49. The van der Waals surface area contributed by atoms with Crippen molar-refractivity contribution in [1.29, 1.82) is 0 Å². The Morgan fingerprint density at radius 1 is 1.19 bits per heavy atom. The fourth-order valence-corrected chi connectivity index (χ4v) is 4.43. The van der Waals surface area contributed by atoms with Crippen LogP contribution in [0.1, 0.15) is 68.5 Å². The zero-order valence-electron chi connectivity index (χ0n) is 18.2. The minimum absolute atomic E-state index is 0.0681. The molecule has 1 aliphatic rings. The summed E-state index contributed by atoms with van der Waals surface area (Å²) in [7, 11) is 0. The van der Waals surface area contributed by atoms with E-state index < -0.39 is 0 Å². The van der Waals surface area contributed by atoms with Gasteiger partial charge >= 0.3 is 5.69 Å². The highest BCUT2D eigenvalue weighted by Gasteiger charge is 2.34. The molecule has 1 aromatic heterocycles. The van der Waals surface area contributed by atoms with Crippen LogP contribution in [0.5, 0.6) is 0 Å². The summed E-state index contributed by atoms with van der Waals surface area (Å²) in [6.45, 7) is 19.3. The lowest BCUT2D eigenvalue weighted by Crippen LogP contribution is -2.54. The van der Waals surface area contributed by atoms with Crippen LogP contribution in [0, 0.1) is 0 Å². The van der Waals surface area contributed by atoms with Gasteiger partial charge in [-0.1, -0.05) is 0 Å². The number of anilines is 1. The molecule has 2 rings (SSSR count). The third kappa shape index (κ3) is 5.96. The van der Waals surface area contributed by atoms with Crippen molar-refractivity contribution >= 4 is 17.6 Å². The van der Waals surface area contributed by atoms with E-state index in [1.54, 1.807) is 22.5 Å². The summed E-state index contributed by atoms with van der Waals surface area (Å²) in [5, 5.41) is 0. The van der Waals surface area contributed by atoms with Gasteiger partial charge in [0.05, 0.1) is 12.2 Å². The van der Waals surface area contributed by atoms with E-state index >= 15 is 0 Å². The van der Waals surface area contributed by atoms with Crippen molar-refractivity contribution in [2.75, 3.05) is 17.3 Å². The van der Waals surface area contributed by atoms with Crippen molar-refractivity contribution < 1.29 is 9.47 Å². The van der Waals surface area contributed by atoms with Crippen LogP contribution in [-0.2, 0) is 9.47 Å². The highest BCUT2D eigenvalue weighted by atomic mass is 32.2. The number of hydrogen-bond donors (Lipinski definition) is 0. The molecule has 0 bridgehead atoms. The average molecular weight is 398 g/mol. The van der Waals surface area contributed by atoms with Gasteiger partial charge in [0.25, 0.3) is 0 Å². The summed E-state index contributed by atoms with van der Waals surface area (Å²) in [5.74, 6) is 1.40. The van der Waals surface area contributed by atoms with E-state index in [2.05, 4.69) is 51.4 Å². The normalized spacial score (nSPS) is 21.5. The number of hydrogen-bond acceptors (Lipinski definition) is 6. The monoisotopic (exact) mass is 397 g/mol. The molecule has 0 amide bonds. The van der Waals surface area contributed by atoms with Crippen LogP contribution in [0.25, 0.3) is 0 Å². The van der Waals surface area contributed by atoms with Gasteiger partial charge in [-0.15, -0.1) is 11.8 Å². The standard InChI is InChI=1S/C20H35N3O3S/c1-18(2,3)23(19(4,5)6)14-10-11-22(17(24)21-14)15-13-27-16(26-15)12-25-20(7,8)9/h10-11,15-16H,12-13H2,1-9H3/t15-,16+/m1/s1. The zero-order valence-corrected chi connectivity index (χ0v) is 19.0. The molecule has 2 heterocycles. The fraction of sp³-hybridized carbons (Fsp3) is 0.800. The van der Waals surface area contributed by atoms with Crippen LogP contribution in [-0.4, -0.2) is 44.0 Å². The molecule has 1 aliphatic heterocycles. The van der Waals surface area contributed by atoms with Crippen molar-refractivity contribution in [3.05, 3.63) is 22.7 Å². The van der Waals surface area contributed by atoms with Crippen molar-refractivity contribution in [2.24, 2.45) is 0 Å². The average Bonchev–Trinajstić information content (AvgIpc) is 2.90. The molecular weight excluding hydrogens is 362 g/mol. The van der Waals surface area contributed by atoms with Crippen LogP contribution in [0.4, 0.5) is 5.82 Å². The van der Waals surface area contributed by atoms with E-state index in [1.807, 2.05) is 26.8 Å². The largest absolute Gasteiger partial charge is 0.372 e. The number of ether oxygens (including phenoxy) is 2. The van der Waals surface area contributed by atoms with Gasteiger partial charge in [-0.05, 0) is 68.4 Å². The Hall–Kier alpha value is -1.05. The molecule has 7 heteroatoms. The third-order valence-corrected chi connectivity index (χ3v) is 5.18. The summed E-state index contributed by atoms with van der Waals surface area (Å²) >= 11 is 1.67. The van der Waals surface area contributed by atoms with Crippen molar-refractivity contribution in [3.8, 4) is 0 Å². The van der Waals surface area contributed by atoms with Crippen LogP contribution >= 0.6 is 11.8 Å². The lowest BCUT2D eigenvalue weighted by Gasteiger charge is -2.46. The van der Waals surface area contributed by atoms with Crippen molar-refractivity contribution in [2.45, 2.75) is 90.7 Å². The first-order chi connectivity index (χ1) is 12.2. The van der Waals surface area contributed by atoms with Gasteiger partial charge in [0, 0.05) is 23.0 Å². The first-order valence-corrected chi connectivity index (χ1v) is 10.5. The van der Waals surface area contributed by atoms with E-state index in [4.69, 9.17) is 9.47 Å². The van der Waals surface area contributed by atoms with Gasteiger partial charge in [0.1, 0.15) is 17.5 Å². The minimum atomic E-state index is -0.310. The second-order valence-corrected chi connectivity index (χ2v) is 11.1. The first kappa shape index (κ1) is 22.2. The Morgan fingerprint density at radius 2 is 1.78 bits per heavy atom. The Morgan fingerprint density at radius 3 is 2.26 bits per heavy atom. The van der Waals surface area contributed by atoms with Gasteiger partial charge in [0.15, 0.2) is 0 Å². The summed E-state index contributed by atoms with van der Waals surface area (Å²) in [6, 6.07) is 1.91. The van der Waals surface area contributed by atoms with E-state index in [1.165, 1.54) is 0 Å². The molecule has 0 saturated carbocycles. The second-order valence-electron chi connectivity index (χ2n) is 9.93. The number of aromatic nitrogens is 2. The molecule has 0 radical (unpaired) electrons. The molecule has 0 N–H and O–H groups in total. The lowest BCUT2D eigenvalue weighted by atomic mass is 9.96. The molecule has 27 heavy (non-hydrogen) atoms. The molecule has 1 aromatic rings. The summed E-state index contributed by atoms with van der Waals surface area (Å²) < 4.78 is 13.4. The Balaban J connectivity index is 2.17. The van der Waals surface area contributed by atoms with Crippen molar-refractivity contribution in [1.82, 2.24) is 9.55 Å². The van der Waals surface area contributed by atoms with Gasteiger partial charge in [-0.2, -0.15) is 4.98 Å². The predicted molar refractivity (Wildman–Crippen MR) is 113 cm³/mol. The minimum Gasteiger partial charge on any atom is -0.372 e. The maximum atomic E-state index is 12.7. The summed E-state index contributed by atoms with van der Waals surface area (Å²) in [5.41, 5.74) is -0.862. The van der Waals surface area contributed by atoms with E-state index in [9.17, 15) is 4.79 Å². The summed E-state index contributed by atoms with van der Waals surface area (Å²) in [4.78, 5) is 19.3. The number of nitrogens with zero attached hydrogens (tertiary/aromatic N) is 3. The maximum Gasteiger partial charge on any atom is 0.351 e. The molecule has 1 saturated heterocycles. The Kier molecular flexibility index (Phi) is 6.39. The van der Waals surface area contributed by atoms with Crippen LogP contribution in [0.2, 0.25) is 0 Å². The predicted octanol–water partition coefficient (Wildman–Crippen LogP) is 4.05. The fourth-order valence-electron chi connectivity index (χ4n) is 3.44. The molecular formula is C20H35N3O3S. The van der Waals surface area contributed by atoms with E-state index in [0.29, 0.717) is 18.2 Å². The molecule has 6 nitrogen and oxygen atoms in total. The molecule has 0 unspecified atom stereocenters. The lowest BCUT2D eigenvalue weighted by molar-refractivity contribution is -0.0684. The number of rotatable bonds is 4. The first-order valence-electron chi connectivity index (χ1n) is 9.49. The maximum absolute atomic E-state index is 12.7. The Bertz CT molecular complexity index is 684. The SMILES string of the molecule is CC(C)(C)OC[C@H]1O[C@@H](n2ccc(N(C(C)(C)C)C(C)(C)C)nc2=O)CS1. The van der Waals surface area contributed by atoms with Gasteiger partial charge < -0.3 is 14.4 Å². The smallest absolute Gasteiger partial charge is 0.351 e. The molecule has 0 spiro atoms. The van der Waals surface area contributed by atoms with Gasteiger partial charge in [-0.25, -0.2) is 4.79 Å². The van der Waals surface area contributed by atoms with Gasteiger partial charge in [0.2, 0.25) is 0 Å². The molecule has 0 aliphatic carbocycles. The quantitative estimate of drug-likeness (QED) is 0.764. The van der Waals surface area contributed by atoms with E-state index in [0.717, 1.165) is 0 Å². The van der Waals surface area contributed by atoms with Gasteiger partial charge in [-0.3, -0.25) is 4.57 Å². The Labute approximate surface area is 167 Å². The van der Waals surface area contributed by atoms with Crippen LogP contribution < -0.4 is 10.6 Å². The second kappa shape index (κ2) is 7.76. The molecule has 1 fully saturated rings. The van der Waals surface area contributed by atoms with Crippen LogP contribution in [0.3, 0.4) is 0 Å². The highest BCUT2D eigenvalue weighted by Crippen LogP contribution is 2.33.